The highest BCUT2D eigenvalue weighted by Gasteiger charge is 2.13. The Morgan fingerprint density at radius 1 is 0.947 bits per heavy atom. The molecule has 38 heavy (non-hydrogen) atoms. The molecule has 1 saturated heterocycles. The van der Waals surface area contributed by atoms with Gasteiger partial charge in [0.2, 0.25) is 12.4 Å². The van der Waals surface area contributed by atoms with Gasteiger partial charge in [-0.15, -0.1) is 0 Å². The molecule has 1 aliphatic heterocycles. The van der Waals surface area contributed by atoms with E-state index in [1.807, 2.05) is 43.3 Å². The molecule has 2 aromatic carbocycles. The number of aromatic nitrogens is 3. The molecule has 0 saturated carbocycles. The third-order valence-corrected chi connectivity index (χ3v) is 6.45. The zero-order valence-electron chi connectivity index (χ0n) is 22.3. The molecule has 0 bridgehead atoms. The van der Waals surface area contributed by atoms with E-state index in [1.54, 1.807) is 18.6 Å². The summed E-state index contributed by atoms with van der Waals surface area (Å²) < 4.78 is 0. The van der Waals surface area contributed by atoms with Crippen LogP contribution in [0.1, 0.15) is 16.7 Å². The van der Waals surface area contributed by atoms with Crippen LogP contribution < -0.4 is 10.6 Å². The molecule has 1 aliphatic rings. The lowest BCUT2D eigenvalue weighted by atomic mass is 10.1. The Morgan fingerprint density at radius 3 is 2.45 bits per heavy atom. The van der Waals surface area contributed by atoms with Crippen molar-refractivity contribution in [1.82, 2.24) is 24.8 Å². The van der Waals surface area contributed by atoms with Gasteiger partial charge in [0.1, 0.15) is 0 Å². The molecule has 0 spiro atoms. The largest absolute Gasteiger partial charge is 0.329 e. The normalized spacial score (nSPS) is 13.8. The fourth-order valence-electron chi connectivity index (χ4n) is 4.09. The number of aryl methyl sites for hydroxylation is 2. The summed E-state index contributed by atoms with van der Waals surface area (Å²) in [6, 6.07) is 20.1. The van der Waals surface area contributed by atoms with Crippen LogP contribution >= 0.6 is 0 Å². The number of hydrogen-bond acceptors (Lipinski definition) is 7. The lowest BCUT2D eigenvalue weighted by Gasteiger charge is -2.32. The molecule has 8 heteroatoms. The minimum atomic E-state index is 0.484. The van der Waals surface area contributed by atoms with Gasteiger partial charge in [-0.05, 0) is 62.4 Å². The second kappa shape index (κ2) is 13.4. The van der Waals surface area contributed by atoms with E-state index < -0.39 is 0 Å². The number of anilines is 3. The molecule has 2 N–H and O–H groups in total. The summed E-state index contributed by atoms with van der Waals surface area (Å²) in [6.07, 6.45) is 5.82. The van der Waals surface area contributed by atoms with Crippen LogP contribution in [0.3, 0.4) is 0 Å². The number of hydrogen-bond donors (Lipinski definition) is 2. The first-order valence-electron chi connectivity index (χ1n) is 12.8. The molecular weight excluding hydrogens is 474 g/mol. The standard InChI is InChI=1S/C17H15N5O.C13H20N2/c1-12-4-5-14(20-11-23)9-16(12)22-17-19-8-6-15(21-17)13-3-2-7-18-10-13;1-12-3-5-13(6-4-12)11-15-9-7-14(2)8-10-15/h2-11H,1H3,(H,20,23)(H,19,21,22);3-6H,7-11H2,1-2H3. The predicted octanol–water partition coefficient (Wildman–Crippen LogP) is 4.90. The summed E-state index contributed by atoms with van der Waals surface area (Å²) in [5.74, 6) is 0.484. The van der Waals surface area contributed by atoms with E-state index in [-0.39, 0.29) is 0 Å². The van der Waals surface area contributed by atoms with E-state index >= 15 is 0 Å². The Hall–Kier alpha value is -4.14. The highest BCUT2D eigenvalue weighted by molar-refractivity contribution is 5.75. The maximum absolute atomic E-state index is 10.6. The van der Waals surface area contributed by atoms with Crippen LogP contribution in [0.4, 0.5) is 17.3 Å². The van der Waals surface area contributed by atoms with Crippen molar-refractivity contribution in [2.45, 2.75) is 20.4 Å². The number of benzene rings is 2. The molecular formula is C30H35N7O. The summed E-state index contributed by atoms with van der Waals surface area (Å²) >= 11 is 0. The van der Waals surface area contributed by atoms with Crippen molar-refractivity contribution in [2.75, 3.05) is 43.9 Å². The highest BCUT2D eigenvalue weighted by Crippen LogP contribution is 2.24. The van der Waals surface area contributed by atoms with Crippen LogP contribution in [-0.4, -0.2) is 64.4 Å². The first-order chi connectivity index (χ1) is 18.5. The van der Waals surface area contributed by atoms with Gasteiger partial charge in [0.05, 0.1) is 5.69 Å². The van der Waals surface area contributed by atoms with E-state index in [0.717, 1.165) is 29.1 Å². The number of amides is 1. The van der Waals surface area contributed by atoms with Crippen molar-refractivity contribution in [1.29, 1.82) is 0 Å². The van der Waals surface area contributed by atoms with Crippen LogP contribution in [-0.2, 0) is 11.3 Å². The number of carbonyl (C=O) groups is 1. The summed E-state index contributed by atoms with van der Waals surface area (Å²) in [6.45, 7) is 10.0. The lowest BCUT2D eigenvalue weighted by Crippen LogP contribution is -2.43. The Balaban J connectivity index is 0.000000194. The Labute approximate surface area is 224 Å². The van der Waals surface area contributed by atoms with Gasteiger partial charge in [-0.1, -0.05) is 35.9 Å². The molecule has 0 unspecified atom stereocenters. The van der Waals surface area contributed by atoms with Gasteiger partial charge in [-0.3, -0.25) is 14.7 Å². The Kier molecular flexibility index (Phi) is 9.50. The number of carbonyl (C=O) groups excluding carboxylic acids is 1. The first kappa shape index (κ1) is 26.9. The van der Waals surface area contributed by atoms with Gasteiger partial charge < -0.3 is 15.5 Å². The quantitative estimate of drug-likeness (QED) is 0.343. The van der Waals surface area contributed by atoms with Crippen molar-refractivity contribution < 1.29 is 4.79 Å². The molecule has 3 heterocycles. The summed E-state index contributed by atoms with van der Waals surface area (Å²) in [5.41, 5.74) is 7.05. The monoisotopic (exact) mass is 509 g/mol. The van der Waals surface area contributed by atoms with E-state index in [0.29, 0.717) is 18.0 Å². The maximum Gasteiger partial charge on any atom is 0.227 e. The van der Waals surface area contributed by atoms with Gasteiger partial charge >= 0.3 is 0 Å². The second-order valence-corrected chi connectivity index (χ2v) is 9.49. The molecule has 1 amide bonds. The van der Waals surface area contributed by atoms with Gasteiger partial charge in [0.25, 0.3) is 0 Å². The van der Waals surface area contributed by atoms with Crippen molar-refractivity contribution in [3.8, 4) is 11.3 Å². The summed E-state index contributed by atoms with van der Waals surface area (Å²) in [4.78, 5) is 28.3. The highest BCUT2D eigenvalue weighted by atomic mass is 16.1. The van der Waals surface area contributed by atoms with Crippen molar-refractivity contribution >= 4 is 23.7 Å². The molecule has 0 atom stereocenters. The Bertz CT molecular complexity index is 1300. The number of nitrogens with zero attached hydrogens (tertiary/aromatic N) is 5. The molecule has 0 aliphatic carbocycles. The number of nitrogens with one attached hydrogen (secondary N) is 2. The SMILES string of the molecule is Cc1ccc(CN2CCN(C)CC2)cc1.Cc1ccc(NC=O)cc1Nc1nccc(-c2cccnc2)n1. The van der Waals surface area contributed by atoms with Gasteiger partial charge in [-0.2, -0.15) is 0 Å². The zero-order valence-corrected chi connectivity index (χ0v) is 22.3. The van der Waals surface area contributed by atoms with Crippen LogP contribution in [0.25, 0.3) is 11.3 Å². The van der Waals surface area contributed by atoms with E-state index in [9.17, 15) is 4.79 Å². The molecule has 4 aromatic rings. The zero-order chi connectivity index (χ0) is 26.7. The van der Waals surface area contributed by atoms with Crippen molar-refractivity contribution in [3.63, 3.8) is 0 Å². The van der Waals surface area contributed by atoms with E-state index in [1.165, 1.54) is 37.3 Å². The minimum Gasteiger partial charge on any atom is -0.329 e. The Morgan fingerprint density at radius 2 is 1.74 bits per heavy atom. The first-order valence-corrected chi connectivity index (χ1v) is 12.8. The molecule has 5 rings (SSSR count). The molecule has 2 aromatic heterocycles. The molecule has 1 fully saturated rings. The number of piperazine rings is 1. The average molecular weight is 510 g/mol. The van der Waals surface area contributed by atoms with E-state index in [2.05, 4.69) is 73.6 Å². The number of rotatable bonds is 7. The van der Waals surface area contributed by atoms with E-state index in [4.69, 9.17) is 0 Å². The second-order valence-electron chi connectivity index (χ2n) is 9.49. The van der Waals surface area contributed by atoms with Crippen molar-refractivity contribution in [3.05, 3.63) is 95.9 Å². The van der Waals surface area contributed by atoms with Crippen molar-refractivity contribution in [2.24, 2.45) is 0 Å². The predicted molar refractivity (Wildman–Crippen MR) is 153 cm³/mol. The van der Waals surface area contributed by atoms with Crippen LogP contribution in [0.5, 0.6) is 0 Å². The molecule has 196 valence electrons. The van der Waals surface area contributed by atoms with Crippen LogP contribution in [0.15, 0.2) is 79.3 Å². The fraction of sp³-hybridized carbons (Fsp3) is 0.267. The average Bonchev–Trinajstić information content (AvgIpc) is 2.94. The van der Waals surface area contributed by atoms with Gasteiger partial charge in [0.15, 0.2) is 0 Å². The summed E-state index contributed by atoms with van der Waals surface area (Å²) in [7, 11) is 2.20. The molecule has 8 nitrogen and oxygen atoms in total. The minimum absolute atomic E-state index is 0.484. The number of pyridine rings is 1. The third kappa shape index (κ3) is 7.93. The van der Waals surface area contributed by atoms with Crippen LogP contribution in [0, 0.1) is 13.8 Å². The topological polar surface area (TPSA) is 86.3 Å². The van der Waals surface area contributed by atoms with Gasteiger partial charge in [-0.25, -0.2) is 9.97 Å². The fourth-order valence-corrected chi connectivity index (χ4v) is 4.09. The van der Waals surface area contributed by atoms with Crippen LogP contribution in [0.2, 0.25) is 0 Å². The third-order valence-electron chi connectivity index (χ3n) is 6.45. The summed E-state index contributed by atoms with van der Waals surface area (Å²) in [5, 5.41) is 5.81. The smallest absolute Gasteiger partial charge is 0.227 e. The maximum atomic E-state index is 10.6. The lowest BCUT2D eigenvalue weighted by molar-refractivity contribution is -0.105. The van der Waals surface area contributed by atoms with Gasteiger partial charge in [0, 0.05) is 68.3 Å². The molecule has 0 radical (unpaired) electrons. The number of likely N-dealkylation sites (N-methyl/N-ethyl adjacent to an activating group) is 1.